The van der Waals surface area contributed by atoms with Gasteiger partial charge in [0.05, 0.1) is 5.69 Å². The SMILES string of the molecule is Cc1cc(Cl)ccc1NC(=O)c1ccc(NC2=C(Cl)C(=O)N(c3ccccc3C)C2=O)cc1. The molecule has 166 valence electrons. The van der Waals surface area contributed by atoms with Crippen LogP contribution in [0.3, 0.4) is 0 Å². The molecule has 0 bridgehead atoms. The first kappa shape index (κ1) is 22.6. The second kappa shape index (κ2) is 9.10. The average Bonchev–Trinajstić information content (AvgIpc) is 3.00. The van der Waals surface area contributed by atoms with Crippen LogP contribution in [0.1, 0.15) is 21.5 Å². The van der Waals surface area contributed by atoms with Crippen LogP contribution in [0.25, 0.3) is 0 Å². The van der Waals surface area contributed by atoms with E-state index in [1.165, 1.54) is 0 Å². The molecule has 3 aromatic carbocycles. The predicted molar refractivity (Wildman–Crippen MR) is 131 cm³/mol. The Morgan fingerprint density at radius 2 is 1.55 bits per heavy atom. The van der Waals surface area contributed by atoms with E-state index in [1.54, 1.807) is 54.6 Å². The number of halogens is 2. The smallest absolute Gasteiger partial charge is 0.283 e. The first-order valence-electron chi connectivity index (χ1n) is 10.0. The van der Waals surface area contributed by atoms with Gasteiger partial charge in [0.25, 0.3) is 17.7 Å². The number of carbonyl (C=O) groups excluding carboxylic acids is 3. The Kier molecular flexibility index (Phi) is 6.22. The van der Waals surface area contributed by atoms with E-state index in [0.717, 1.165) is 16.0 Å². The fourth-order valence-electron chi connectivity index (χ4n) is 3.46. The highest BCUT2D eigenvalue weighted by atomic mass is 35.5. The topological polar surface area (TPSA) is 78.5 Å². The molecule has 3 aromatic rings. The molecule has 0 unspecified atom stereocenters. The minimum atomic E-state index is -0.590. The van der Waals surface area contributed by atoms with Gasteiger partial charge in [-0.15, -0.1) is 0 Å². The summed E-state index contributed by atoms with van der Waals surface area (Å²) < 4.78 is 0. The molecule has 0 saturated carbocycles. The molecule has 2 N–H and O–H groups in total. The summed E-state index contributed by atoms with van der Waals surface area (Å²) in [5, 5.41) is 6.15. The molecule has 3 amide bonds. The molecule has 0 saturated heterocycles. The number of hydrogen-bond acceptors (Lipinski definition) is 4. The van der Waals surface area contributed by atoms with Crippen LogP contribution >= 0.6 is 23.2 Å². The third-order valence-electron chi connectivity index (χ3n) is 5.24. The maximum Gasteiger partial charge on any atom is 0.283 e. The van der Waals surface area contributed by atoms with Gasteiger partial charge in [0.2, 0.25) is 0 Å². The number of benzene rings is 3. The molecule has 1 aliphatic heterocycles. The van der Waals surface area contributed by atoms with E-state index in [9.17, 15) is 14.4 Å². The average molecular weight is 480 g/mol. The number of carbonyl (C=O) groups is 3. The summed E-state index contributed by atoms with van der Waals surface area (Å²) in [7, 11) is 0. The van der Waals surface area contributed by atoms with Gasteiger partial charge in [-0.1, -0.05) is 41.4 Å². The van der Waals surface area contributed by atoms with Crippen molar-refractivity contribution in [1.82, 2.24) is 0 Å². The molecule has 1 heterocycles. The van der Waals surface area contributed by atoms with E-state index >= 15 is 0 Å². The molecule has 4 rings (SSSR count). The zero-order chi connectivity index (χ0) is 23.7. The summed E-state index contributed by atoms with van der Waals surface area (Å²) in [5.41, 5.74) is 3.68. The molecule has 0 spiro atoms. The highest BCUT2D eigenvalue weighted by Gasteiger charge is 2.39. The van der Waals surface area contributed by atoms with Crippen LogP contribution in [-0.4, -0.2) is 17.7 Å². The van der Waals surface area contributed by atoms with Crippen molar-refractivity contribution < 1.29 is 14.4 Å². The van der Waals surface area contributed by atoms with E-state index in [-0.39, 0.29) is 16.6 Å². The number of anilines is 3. The third-order valence-corrected chi connectivity index (χ3v) is 5.82. The van der Waals surface area contributed by atoms with Crippen molar-refractivity contribution in [2.45, 2.75) is 13.8 Å². The van der Waals surface area contributed by atoms with Crippen LogP contribution in [0, 0.1) is 13.8 Å². The first-order chi connectivity index (χ1) is 15.8. The maximum atomic E-state index is 12.9. The van der Waals surface area contributed by atoms with Crippen molar-refractivity contribution >= 4 is 58.0 Å². The Morgan fingerprint density at radius 3 is 2.21 bits per heavy atom. The van der Waals surface area contributed by atoms with Crippen LogP contribution < -0.4 is 15.5 Å². The predicted octanol–water partition coefficient (Wildman–Crippen LogP) is 5.64. The molecule has 6 nitrogen and oxygen atoms in total. The number of rotatable bonds is 5. The van der Waals surface area contributed by atoms with Crippen molar-refractivity contribution in [2.24, 2.45) is 0 Å². The van der Waals surface area contributed by atoms with Gasteiger partial charge in [-0.3, -0.25) is 14.4 Å². The van der Waals surface area contributed by atoms with E-state index in [2.05, 4.69) is 10.6 Å². The number of amides is 3. The van der Waals surface area contributed by atoms with E-state index in [0.29, 0.717) is 27.6 Å². The number of nitrogens with zero attached hydrogens (tertiary/aromatic N) is 1. The number of aryl methyl sites for hydroxylation is 2. The molecule has 0 radical (unpaired) electrons. The van der Waals surface area contributed by atoms with Gasteiger partial charge in [-0.25, -0.2) is 4.90 Å². The van der Waals surface area contributed by atoms with Gasteiger partial charge in [-0.05, 0) is 73.5 Å². The minimum Gasteiger partial charge on any atom is -0.350 e. The molecule has 8 heteroatoms. The monoisotopic (exact) mass is 479 g/mol. The summed E-state index contributed by atoms with van der Waals surface area (Å²) in [4.78, 5) is 39.2. The standard InChI is InChI=1S/C25H19Cl2N3O3/c1-14-5-3-4-6-20(14)30-24(32)21(27)22(25(30)33)28-18-10-7-16(8-11-18)23(31)29-19-12-9-17(26)13-15(19)2/h3-13,28H,1-2H3,(H,29,31). The van der Waals surface area contributed by atoms with E-state index in [1.807, 2.05) is 26.0 Å². The van der Waals surface area contributed by atoms with Crippen LogP contribution in [0.15, 0.2) is 77.5 Å². The summed E-state index contributed by atoms with van der Waals surface area (Å²) >= 11 is 12.2. The fraction of sp³-hybridized carbons (Fsp3) is 0.0800. The molecule has 1 aliphatic rings. The third kappa shape index (κ3) is 4.49. The molecular formula is C25H19Cl2N3O3. The minimum absolute atomic E-state index is 0.0149. The largest absolute Gasteiger partial charge is 0.350 e. The van der Waals surface area contributed by atoms with Crippen LogP contribution in [-0.2, 0) is 9.59 Å². The van der Waals surface area contributed by atoms with Crippen molar-refractivity contribution in [3.8, 4) is 0 Å². The maximum absolute atomic E-state index is 12.9. The highest BCUT2D eigenvalue weighted by molar-refractivity contribution is 6.53. The zero-order valence-electron chi connectivity index (χ0n) is 17.8. The van der Waals surface area contributed by atoms with Gasteiger partial charge in [-0.2, -0.15) is 0 Å². The van der Waals surface area contributed by atoms with Crippen molar-refractivity contribution in [3.05, 3.63) is 99.2 Å². The van der Waals surface area contributed by atoms with Gasteiger partial charge in [0.15, 0.2) is 0 Å². The normalized spacial score (nSPS) is 13.5. The lowest BCUT2D eigenvalue weighted by atomic mass is 10.1. The molecule has 0 aliphatic carbocycles. The van der Waals surface area contributed by atoms with Gasteiger partial charge >= 0.3 is 0 Å². The quantitative estimate of drug-likeness (QED) is 0.463. The zero-order valence-corrected chi connectivity index (χ0v) is 19.3. The number of imide groups is 1. The first-order valence-corrected chi connectivity index (χ1v) is 10.8. The number of nitrogens with one attached hydrogen (secondary N) is 2. The second-order valence-corrected chi connectivity index (χ2v) is 8.35. The van der Waals surface area contributed by atoms with E-state index < -0.39 is 11.8 Å². The molecular weight excluding hydrogens is 461 g/mol. The Labute approximate surface area is 200 Å². The van der Waals surface area contributed by atoms with Gasteiger partial charge < -0.3 is 10.6 Å². The number of hydrogen-bond donors (Lipinski definition) is 2. The Morgan fingerprint density at radius 1 is 0.848 bits per heavy atom. The number of para-hydroxylation sites is 1. The Balaban J connectivity index is 1.49. The van der Waals surface area contributed by atoms with Crippen molar-refractivity contribution in [3.63, 3.8) is 0 Å². The lowest BCUT2D eigenvalue weighted by molar-refractivity contribution is -0.120. The van der Waals surface area contributed by atoms with E-state index in [4.69, 9.17) is 23.2 Å². The summed E-state index contributed by atoms with van der Waals surface area (Å²) in [5.74, 6) is -1.42. The van der Waals surface area contributed by atoms with Crippen LogP contribution in [0.5, 0.6) is 0 Å². The summed E-state index contributed by atoms with van der Waals surface area (Å²) in [6, 6.07) is 18.8. The van der Waals surface area contributed by atoms with Crippen molar-refractivity contribution in [2.75, 3.05) is 15.5 Å². The molecule has 33 heavy (non-hydrogen) atoms. The molecule has 0 fully saturated rings. The van der Waals surface area contributed by atoms with Crippen LogP contribution in [0.2, 0.25) is 5.02 Å². The van der Waals surface area contributed by atoms with Gasteiger partial charge in [0, 0.05) is 22.0 Å². The second-order valence-electron chi connectivity index (χ2n) is 7.54. The Bertz CT molecular complexity index is 1320. The lowest BCUT2D eigenvalue weighted by Crippen LogP contribution is -2.32. The highest BCUT2D eigenvalue weighted by Crippen LogP contribution is 2.32. The van der Waals surface area contributed by atoms with Crippen LogP contribution in [0.4, 0.5) is 17.1 Å². The lowest BCUT2D eigenvalue weighted by Gasteiger charge is -2.17. The fourth-order valence-corrected chi connectivity index (χ4v) is 3.89. The molecule has 0 atom stereocenters. The molecule has 0 aromatic heterocycles. The summed E-state index contributed by atoms with van der Waals surface area (Å²) in [6.07, 6.45) is 0. The van der Waals surface area contributed by atoms with Gasteiger partial charge in [0.1, 0.15) is 10.7 Å². The summed E-state index contributed by atoms with van der Waals surface area (Å²) in [6.45, 7) is 3.66. The Hall–Kier alpha value is -3.61. The van der Waals surface area contributed by atoms with Crippen molar-refractivity contribution in [1.29, 1.82) is 0 Å².